The lowest BCUT2D eigenvalue weighted by Gasteiger charge is -2.06. The van der Waals surface area contributed by atoms with E-state index in [0.717, 1.165) is 11.3 Å². The Balaban J connectivity index is 2.98. The molecule has 0 heterocycles. The number of carbonyl (C=O) groups is 1. The molecule has 0 bridgehead atoms. The standard InChI is InChI=1S/C11H16N6O/c1-6-5-8(16-11(14)17-10(12)13)3-4-9(6)15-7(2)18/h3-5H,1-2H3,(H,15,18)(H6,12,13,14,16,17). The van der Waals surface area contributed by atoms with Crippen molar-refractivity contribution >= 4 is 29.2 Å². The van der Waals surface area contributed by atoms with Gasteiger partial charge in [-0.05, 0) is 30.7 Å². The number of anilines is 1. The molecule has 1 aromatic rings. The van der Waals surface area contributed by atoms with Crippen molar-refractivity contribution in [3.05, 3.63) is 23.8 Å². The van der Waals surface area contributed by atoms with Gasteiger partial charge >= 0.3 is 0 Å². The Kier molecular flexibility index (Phi) is 4.25. The van der Waals surface area contributed by atoms with Crippen molar-refractivity contribution in [2.75, 3.05) is 5.32 Å². The van der Waals surface area contributed by atoms with Crippen LogP contribution in [0.15, 0.2) is 28.2 Å². The fourth-order valence-corrected chi connectivity index (χ4v) is 1.34. The van der Waals surface area contributed by atoms with Crippen molar-refractivity contribution in [3.8, 4) is 0 Å². The summed E-state index contributed by atoms with van der Waals surface area (Å²) < 4.78 is 0. The topological polar surface area (TPSA) is 132 Å². The summed E-state index contributed by atoms with van der Waals surface area (Å²) in [5, 5.41) is 2.70. The smallest absolute Gasteiger partial charge is 0.223 e. The van der Waals surface area contributed by atoms with Gasteiger partial charge in [0, 0.05) is 12.6 Å². The van der Waals surface area contributed by atoms with Crippen LogP contribution in [0.2, 0.25) is 0 Å². The number of hydrogen-bond donors (Lipinski definition) is 4. The third-order valence-electron chi connectivity index (χ3n) is 2.01. The predicted molar refractivity (Wildman–Crippen MR) is 72.6 cm³/mol. The van der Waals surface area contributed by atoms with Gasteiger partial charge in [-0.1, -0.05) is 0 Å². The third kappa shape index (κ3) is 4.12. The summed E-state index contributed by atoms with van der Waals surface area (Å²) in [6, 6.07) is 5.20. The molecule has 7 nitrogen and oxygen atoms in total. The normalized spacial score (nSPS) is 10.9. The summed E-state index contributed by atoms with van der Waals surface area (Å²) in [6.45, 7) is 3.29. The molecule has 18 heavy (non-hydrogen) atoms. The number of hydrogen-bond acceptors (Lipinski definition) is 2. The molecule has 0 aliphatic heterocycles. The van der Waals surface area contributed by atoms with E-state index in [-0.39, 0.29) is 17.8 Å². The van der Waals surface area contributed by atoms with Crippen LogP contribution < -0.4 is 22.5 Å². The van der Waals surface area contributed by atoms with Crippen LogP contribution in [0.5, 0.6) is 0 Å². The average molecular weight is 248 g/mol. The Morgan fingerprint density at radius 3 is 2.44 bits per heavy atom. The van der Waals surface area contributed by atoms with Crippen LogP contribution in [0, 0.1) is 6.92 Å². The fourth-order valence-electron chi connectivity index (χ4n) is 1.34. The first-order chi connectivity index (χ1) is 8.38. The van der Waals surface area contributed by atoms with Crippen molar-refractivity contribution in [1.82, 2.24) is 0 Å². The largest absolute Gasteiger partial charge is 0.370 e. The van der Waals surface area contributed by atoms with Crippen LogP contribution in [0.4, 0.5) is 11.4 Å². The molecule has 1 aromatic carbocycles. The van der Waals surface area contributed by atoms with Crippen molar-refractivity contribution in [3.63, 3.8) is 0 Å². The summed E-state index contributed by atoms with van der Waals surface area (Å²) in [6.07, 6.45) is 0. The maximum atomic E-state index is 10.9. The Bertz CT molecular complexity index is 516. The number of benzene rings is 1. The molecule has 1 amide bonds. The van der Waals surface area contributed by atoms with Crippen LogP contribution in [0.1, 0.15) is 12.5 Å². The lowest BCUT2D eigenvalue weighted by Crippen LogP contribution is -2.26. The second-order valence-corrected chi connectivity index (χ2v) is 3.69. The highest BCUT2D eigenvalue weighted by molar-refractivity contribution is 5.94. The molecule has 1 rings (SSSR count). The SMILES string of the molecule is CC(=O)Nc1ccc(N=C(N)N=C(N)N)cc1C. The number of rotatable bonds is 2. The molecule has 0 fully saturated rings. The molecule has 0 aliphatic rings. The van der Waals surface area contributed by atoms with Crippen LogP contribution in [-0.2, 0) is 4.79 Å². The lowest BCUT2D eigenvalue weighted by molar-refractivity contribution is -0.114. The third-order valence-corrected chi connectivity index (χ3v) is 2.01. The molecule has 7 N–H and O–H groups in total. The van der Waals surface area contributed by atoms with E-state index < -0.39 is 0 Å². The number of amides is 1. The Hall–Kier alpha value is -2.57. The summed E-state index contributed by atoms with van der Waals surface area (Å²) in [5.41, 5.74) is 18.0. The molecule has 0 saturated carbocycles. The number of aryl methyl sites for hydroxylation is 1. The van der Waals surface area contributed by atoms with Gasteiger partial charge < -0.3 is 22.5 Å². The fraction of sp³-hybridized carbons (Fsp3) is 0.182. The molecule has 0 aliphatic carbocycles. The minimum atomic E-state index is -0.150. The minimum absolute atomic E-state index is 0.0262. The van der Waals surface area contributed by atoms with Crippen LogP contribution in [-0.4, -0.2) is 17.8 Å². The van der Waals surface area contributed by atoms with E-state index in [1.54, 1.807) is 18.2 Å². The van der Waals surface area contributed by atoms with Crippen molar-refractivity contribution in [1.29, 1.82) is 0 Å². The predicted octanol–water partition coefficient (Wildman–Crippen LogP) is 0.173. The molecule has 0 aromatic heterocycles. The molecular weight excluding hydrogens is 232 g/mol. The van der Waals surface area contributed by atoms with Gasteiger partial charge in [-0.2, -0.15) is 4.99 Å². The van der Waals surface area contributed by atoms with E-state index in [1.165, 1.54) is 6.92 Å². The number of guanidine groups is 2. The number of nitrogens with one attached hydrogen (secondary N) is 1. The summed E-state index contributed by atoms with van der Waals surface area (Å²) in [5.74, 6) is -0.307. The number of nitrogens with zero attached hydrogens (tertiary/aromatic N) is 2. The maximum absolute atomic E-state index is 10.9. The van der Waals surface area contributed by atoms with Gasteiger partial charge in [0.1, 0.15) is 0 Å². The summed E-state index contributed by atoms with van der Waals surface area (Å²) in [4.78, 5) is 18.6. The Labute approximate surface area is 105 Å². The highest BCUT2D eigenvalue weighted by Crippen LogP contribution is 2.21. The van der Waals surface area contributed by atoms with Gasteiger partial charge in [0.15, 0.2) is 5.96 Å². The molecule has 0 atom stereocenters. The quantitative estimate of drug-likeness (QED) is 0.438. The Morgan fingerprint density at radius 1 is 1.28 bits per heavy atom. The number of aliphatic imine (C=N–C) groups is 2. The highest BCUT2D eigenvalue weighted by atomic mass is 16.1. The Morgan fingerprint density at radius 2 is 1.94 bits per heavy atom. The van der Waals surface area contributed by atoms with Gasteiger partial charge in [0.05, 0.1) is 5.69 Å². The average Bonchev–Trinajstić information content (AvgIpc) is 2.20. The van der Waals surface area contributed by atoms with E-state index in [4.69, 9.17) is 17.2 Å². The first-order valence-corrected chi connectivity index (χ1v) is 5.20. The summed E-state index contributed by atoms with van der Waals surface area (Å²) in [7, 11) is 0. The number of carbonyl (C=O) groups excluding carboxylic acids is 1. The van der Waals surface area contributed by atoms with Gasteiger partial charge in [-0.15, -0.1) is 0 Å². The second-order valence-electron chi connectivity index (χ2n) is 3.69. The van der Waals surface area contributed by atoms with E-state index in [9.17, 15) is 4.79 Å². The zero-order chi connectivity index (χ0) is 13.7. The van der Waals surface area contributed by atoms with Crippen molar-refractivity contribution < 1.29 is 4.79 Å². The first-order valence-electron chi connectivity index (χ1n) is 5.20. The van der Waals surface area contributed by atoms with Gasteiger partial charge in [-0.3, -0.25) is 4.79 Å². The van der Waals surface area contributed by atoms with E-state index in [0.29, 0.717) is 5.69 Å². The van der Waals surface area contributed by atoms with E-state index in [2.05, 4.69) is 15.3 Å². The molecule has 0 radical (unpaired) electrons. The minimum Gasteiger partial charge on any atom is -0.370 e. The molecule has 7 heteroatoms. The van der Waals surface area contributed by atoms with Crippen LogP contribution in [0.25, 0.3) is 0 Å². The highest BCUT2D eigenvalue weighted by Gasteiger charge is 2.01. The number of nitrogens with two attached hydrogens (primary N) is 3. The first kappa shape index (κ1) is 13.5. The van der Waals surface area contributed by atoms with Crippen LogP contribution in [0.3, 0.4) is 0 Å². The van der Waals surface area contributed by atoms with Gasteiger partial charge in [-0.25, -0.2) is 4.99 Å². The maximum Gasteiger partial charge on any atom is 0.223 e. The van der Waals surface area contributed by atoms with Crippen molar-refractivity contribution in [2.45, 2.75) is 13.8 Å². The van der Waals surface area contributed by atoms with Crippen LogP contribution >= 0.6 is 0 Å². The van der Waals surface area contributed by atoms with E-state index in [1.807, 2.05) is 6.92 Å². The summed E-state index contributed by atoms with van der Waals surface area (Å²) >= 11 is 0. The van der Waals surface area contributed by atoms with Gasteiger partial charge in [0.2, 0.25) is 11.9 Å². The molecular formula is C11H16N6O. The van der Waals surface area contributed by atoms with E-state index >= 15 is 0 Å². The zero-order valence-corrected chi connectivity index (χ0v) is 10.3. The molecule has 0 saturated heterocycles. The second kappa shape index (κ2) is 5.67. The lowest BCUT2D eigenvalue weighted by atomic mass is 10.2. The molecule has 96 valence electrons. The zero-order valence-electron chi connectivity index (χ0n) is 10.3. The molecule has 0 spiro atoms. The molecule has 0 unspecified atom stereocenters. The van der Waals surface area contributed by atoms with Crippen molar-refractivity contribution in [2.24, 2.45) is 27.2 Å². The van der Waals surface area contributed by atoms with Gasteiger partial charge in [0.25, 0.3) is 0 Å². The monoisotopic (exact) mass is 248 g/mol.